The van der Waals surface area contributed by atoms with Crippen LogP contribution in [0.15, 0.2) is 49.0 Å². The normalized spacial score (nSPS) is 24.1. The highest BCUT2D eigenvalue weighted by Crippen LogP contribution is 2.40. The van der Waals surface area contributed by atoms with Crippen LogP contribution in [0.3, 0.4) is 0 Å². The Morgan fingerprint density at radius 1 is 1.10 bits per heavy atom. The van der Waals surface area contributed by atoms with Crippen LogP contribution in [0.5, 0.6) is 11.5 Å². The van der Waals surface area contributed by atoms with E-state index in [1.165, 1.54) is 18.6 Å². The number of carbonyl (C=O) groups is 2. The first-order valence-corrected chi connectivity index (χ1v) is 14.0. The molecule has 2 aromatic rings. The molecule has 0 aromatic heterocycles. The topological polar surface area (TPSA) is 70.9 Å². The minimum atomic E-state index is -0.378. The van der Waals surface area contributed by atoms with Crippen LogP contribution in [0.25, 0.3) is 5.70 Å². The molecule has 3 heterocycles. The van der Waals surface area contributed by atoms with E-state index < -0.39 is 0 Å². The molecule has 0 bridgehead atoms. The number of hydrogen-bond donors (Lipinski definition) is 1. The van der Waals surface area contributed by atoms with E-state index in [1.807, 2.05) is 17.0 Å². The lowest BCUT2D eigenvalue weighted by Gasteiger charge is -2.37. The second kappa shape index (κ2) is 10.5. The van der Waals surface area contributed by atoms with Crippen molar-refractivity contribution in [2.75, 3.05) is 13.1 Å². The third-order valence-electron chi connectivity index (χ3n) is 8.46. The van der Waals surface area contributed by atoms with Crippen molar-refractivity contribution < 1.29 is 28.0 Å². The summed E-state index contributed by atoms with van der Waals surface area (Å²) in [7, 11) is 0. The summed E-state index contributed by atoms with van der Waals surface area (Å²) in [5, 5.41) is 2.46. The molecule has 8 heteroatoms. The Morgan fingerprint density at radius 2 is 1.92 bits per heavy atom. The number of rotatable bonds is 7. The SMILES string of the molecule is C=C1c2ccc(OC3(CC=[N+]4CC(Oc5cccc(F)c5)C4)CCCCC3)cc2CN1C1CCC(=O)NC1=O. The molecule has 3 fully saturated rings. The van der Waals surface area contributed by atoms with Crippen molar-refractivity contribution in [3.8, 4) is 11.5 Å². The van der Waals surface area contributed by atoms with Gasteiger partial charge in [0.2, 0.25) is 17.9 Å². The fourth-order valence-electron chi connectivity index (χ4n) is 6.27. The third-order valence-corrected chi connectivity index (χ3v) is 8.46. The van der Waals surface area contributed by atoms with Crippen LogP contribution in [0, 0.1) is 5.82 Å². The van der Waals surface area contributed by atoms with Crippen molar-refractivity contribution in [1.29, 1.82) is 0 Å². The van der Waals surface area contributed by atoms with Crippen molar-refractivity contribution in [1.82, 2.24) is 10.2 Å². The van der Waals surface area contributed by atoms with Gasteiger partial charge < -0.3 is 14.4 Å². The van der Waals surface area contributed by atoms with Crippen LogP contribution in [0.1, 0.15) is 62.5 Å². The highest BCUT2D eigenvalue weighted by atomic mass is 19.1. The molecule has 0 radical (unpaired) electrons. The minimum Gasteiger partial charge on any atom is -0.487 e. The number of ether oxygens (including phenoxy) is 2. The first-order chi connectivity index (χ1) is 18.9. The Balaban J connectivity index is 1.11. The van der Waals surface area contributed by atoms with Crippen LogP contribution in [-0.4, -0.2) is 58.3 Å². The molecule has 1 unspecified atom stereocenters. The Labute approximate surface area is 228 Å². The van der Waals surface area contributed by atoms with Gasteiger partial charge >= 0.3 is 0 Å². The van der Waals surface area contributed by atoms with Crippen LogP contribution < -0.4 is 14.8 Å². The van der Waals surface area contributed by atoms with E-state index >= 15 is 0 Å². The van der Waals surface area contributed by atoms with Gasteiger partial charge in [0.05, 0.1) is 6.42 Å². The van der Waals surface area contributed by atoms with Gasteiger partial charge in [0.1, 0.15) is 35.2 Å². The highest BCUT2D eigenvalue weighted by molar-refractivity contribution is 6.01. The summed E-state index contributed by atoms with van der Waals surface area (Å²) in [4.78, 5) is 26.1. The summed E-state index contributed by atoms with van der Waals surface area (Å²) in [5.74, 6) is 0.672. The molecule has 1 N–H and O–H groups in total. The molecule has 2 saturated heterocycles. The molecule has 3 aliphatic heterocycles. The van der Waals surface area contributed by atoms with E-state index in [9.17, 15) is 14.0 Å². The molecule has 2 amide bonds. The van der Waals surface area contributed by atoms with Crippen LogP contribution >= 0.6 is 0 Å². The van der Waals surface area contributed by atoms with Gasteiger partial charge in [-0.3, -0.25) is 14.9 Å². The number of piperidine rings is 1. The highest BCUT2D eigenvalue weighted by Gasteiger charge is 2.39. The van der Waals surface area contributed by atoms with Gasteiger partial charge in [-0.1, -0.05) is 19.1 Å². The second-order valence-electron chi connectivity index (χ2n) is 11.2. The lowest BCUT2D eigenvalue weighted by Crippen LogP contribution is -2.50. The maximum atomic E-state index is 13.4. The number of nitrogens with one attached hydrogen (secondary N) is 1. The molecule has 4 aliphatic rings. The van der Waals surface area contributed by atoms with Crippen molar-refractivity contribution >= 4 is 23.7 Å². The summed E-state index contributed by atoms with van der Waals surface area (Å²) in [6, 6.07) is 12.1. The average Bonchev–Trinajstić information content (AvgIpc) is 3.21. The lowest BCUT2D eigenvalue weighted by atomic mass is 9.82. The fraction of sp³-hybridized carbons (Fsp3) is 0.452. The molecule has 1 aliphatic carbocycles. The van der Waals surface area contributed by atoms with Crippen molar-refractivity contribution in [2.45, 2.75) is 75.7 Å². The summed E-state index contributed by atoms with van der Waals surface area (Å²) < 4.78 is 28.4. The molecule has 7 nitrogen and oxygen atoms in total. The smallest absolute Gasteiger partial charge is 0.249 e. The lowest BCUT2D eigenvalue weighted by molar-refractivity contribution is -0.601. The molecule has 1 saturated carbocycles. The fourth-order valence-corrected chi connectivity index (χ4v) is 6.27. The Kier molecular flexibility index (Phi) is 6.87. The predicted molar refractivity (Wildman–Crippen MR) is 145 cm³/mol. The molecule has 39 heavy (non-hydrogen) atoms. The predicted octanol–water partition coefficient (Wildman–Crippen LogP) is 4.43. The maximum Gasteiger partial charge on any atom is 0.249 e. The summed E-state index contributed by atoms with van der Waals surface area (Å²) in [6.07, 6.45) is 9.51. The Morgan fingerprint density at radius 3 is 2.69 bits per heavy atom. The van der Waals surface area contributed by atoms with Gasteiger partial charge in [0.15, 0.2) is 13.1 Å². The molecule has 1 atom stereocenters. The first kappa shape index (κ1) is 25.6. The van der Waals surface area contributed by atoms with Crippen molar-refractivity contribution in [2.24, 2.45) is 0 Å². The monoisotopic (exact) mass is 532 g/mol. The standard InChI is InChI=1S/C31H34FN3O4/c1-21-27-9-8-25(16-22(27)18-35(21)28-10-11-29(36)33-30(28)37)39-31(12-3-2-4-13-31)14-15-34-19-26(20-34)38-24-7-5-6-23(32)17-24/h5-9,15-17,26,28H,1-4,10-14,18-20H2/p+1. The zero-order valence-corrected chi connectivity index (χ0v) is 22.2. The molecule has 2 aromatic carbocycles. The Hall–Kier alpha value is -3.68. The summed E-state index contributed by atoms with van der Waals surface area (Å²) in [5.41, 5.74) is 2.69. The number of amides is 2. The van der Waals surface area contributed by atoms with Gasteiger partial charge in [-0.2, -0.15) is 0 Å². The average molecular weight is 533 g/mol. The van der Waals surface area contributed by atoms with E-state index in [1.54, 1.807) is 12.1 Å². The second-order valence-corrected chi connectivity index (χ2v) is 11.2. The van der Waals surface area contributed by atoms with Gasteiger partial charge in [-0.05, 0) is 68.0 Å². The van der Waals surface area contributed by atoms with E-state index in [4.69, 9.17) is 9.47 Å². The molecule has 204 valence electrons. The number of nitrogens with zero attached hydrogens (tertiary/aromatic N) is 2. The van der Waals surface area contributed by atoms with Crippen LogP contribution in [0.4, 0.5) is 4.39 Å². The quantitative estimate of drug-likeness (QED) is 0.422. The largest absolute Gasteiger partial charge is 0.487 e. The molecular weight excluding hydrogens is 497 g/mol. The molecule has 0 spiro atoms. The van der Waals surface area contributed by atoms with Crippen LogP contribution in [0.2, 0.25) is 0 Å². The van der Waals surface area contributed by atoms with Crippen molar-refractivity contribution in [3.05, 3.63) is 66.0 Å². The minimum absolute atomic E-state index is 0.0587. The first-order valence-electron chi connectivity index (χ1n) is 14.0. The van der Waals surface area contributed by atoms with Gasteiger partial charge in [-0.25, -0.2) is 8.97 Å². The zero-order valence-electron chi connectivity index (χ0n) is 22.2. The van der Waals surface area contributed by atoms with E-state index in [0.717, 1.165) is 67.8 Å². The Bertz CT molecular complexity index is 1320. The van der Waals surface area contributed by atoms with Crippen molar-refractivity contribution in [3.63, 3.8) is 0 Å². The zero-order chi connectivity index (χ0) is 27.0. The van der Waals surface area contributed by atoms with E-state index in [2.05, 4.69) is 28.8 Å². The number of fused-ring (bicyclic) bond motifs is 1. The maximum absolute atomic E-state index is 13.4. The van der Waals surface area contributed by atoms with Gasteiger partial charge in [0, 0.05) is 30.3 Å². The number of imide groups is 1. The molecular formula is C31H35FN3O4+. The van der Waals surface area contributed by atoms with Crippen LogP contribution in [-0.2, 0) is 16.1 Å². The number of benzene rings is 2. The van der Waals surface area contributed by atoms with Gasteiger partial charge in [0.25, 0.3) is 0 Å². The molecule has 6 rings (SSSR count). The van der Waals surface area contributed by atoms with E-state index in [-0.39, 0.29) is 35.4 Å². The van der Waals surface area contributed by atoms with Gasteiger partial charge in [-0.15, -0.1) is 0 Å². The number of carbonyl (C=O) groups excluding carboxylic acids is 2. The van der Waals surface area contributed by atoms with E-state index in [0.29, 0.717) is 25.1 Å². The summed E-state index contributed by atoms with van der Waals surface area (Å²) >= 11 is 0. The third kappa shape index (κ3) is 5.42. The number of halogens is 1. The number of hydrogen-bond acceptors (Lipinski definition) is 5. The summed E-state index contributed by atoms with van der Waals surface area (Å²) in [6.45, 7) is 6.39.